The number of carbonyl (C=O) groups is 1. The quantitative estimate of drug-likeness (QED) is 0.495. The highest BCUT2D eigenvalue weighted by atomic mass is 32.2. The number of carbonyl (C=O) groups excluding carboxylic acids is 1. The Hall–Kier alpha value is -2.24. The zero-order valence-corrected chi connectivity index (χ0v) is 17.1. The maximum atomic E-state index is 12.7. The molecule has 2 saturated heterocycles. The molecule has 3 rings (SSSR count). The third kappa shape index (κ3) is 5.03. The fourth-order valence-corrected chi connectivity index (χ4v) is 4.78. The van der Waals surface area contributed by atoms with E-state index in [4.69, 9.17) is 9.47 Å². The lowest BCUT2D eigenvalue weighted by Crippen LogP contribution is -2.40. The van der Waals surface area contributed by atoms with Crippen LogP contribution in [0.5, 0.6) is 5.75 Å². The van der Waals surface area contributed by atoms with E-state index in [1.807, 2.05) is 0 Å². The van der Waals surface area contributed by atoms with Crippen molar-refractivity contribution >= 4 is 21.6 Å². The zero-order chi connectivity index (χ0) is 21.0. The van der Waals surface area contributed by atoms with Gasteiger partial charge in [-0.2, -0.15) is 4.31 Å². The molecule has 2 fully saturated rings. The predicted molar refractivity (Wildman–Crippen MR) is 103 cm³/mol. The number of hydrogen-bond donors (Lipinski definition) is 0. The molecule has 0 aromatic heterocycles. The van der Waals surface area contributed by atoms with Gasteiger partial charge in [0.1, 0.15) is 0 Å². The van der Waals surface area contributed by atoms with Gasteiger partial charge in [0.05, 0.1) is 23.0 Å². The van der Waals surface area contributed by atoms with Crippen LogP contribution in [0.15, 0.2) is 23.1 Å². The van der Waals surface area contributed by atoms with Crippen molar-refractivity contribution in [2.45, 2.75) is 24.7 Å². The van der Waals surface area contributed by atoms with Crippen LogP contribution in [0.2, 0.25) is 0 Å². The van der Waals surface area contributed by atoms with E-state index in [1.54, 1.807) is 4.90 Å². The van der Waals surface area contributed by atoms with E-state index in [0.717, 1.165) is 18.9 Å². The number of hydrogen-bond acceptors (Lipinski definition) is 7. The molecule has 0 aliphatic carbocycles. The van der Waals surface area contributed by atoms with Gasteiger partial charge >= 0.3 is 5.69 Å². The Morgan fingerprint density at radius 2 is 1.90 bits per heavy atom. The monoisotopic (exact) mass is 427 g/mol. The summed E-state index contributed by atoms with van der Waals surface area (Å²) in [5.74, 6) is 0.202. The number of amides is 1. The summed E-state index contributed by atoms with van der Waals surface area (Å²) in [6, 6.07) is 3.48. The van der Waals surface area contributed by atoms with Crippen molar-refractivity contribution in [2.24, 2.45) is 5.92 Å². The molecule has 2 aliphatic heterocycles. The van der Waals surface area contributed by atoms with Crippen molar-refractivity contribution in [2.75, 3.05) is 46.0 Å². The van der Waals surface area contributed by atoms with Crippen LogP contribution in [0.3, 0.4) is 0 Å². The lowest BCUT2D eigenvalue weighted by atomic mass is 9.99. The number of morpholine rings is 1. The molecule has 11 heteroatoms. The Bertz CT molecular complexity index is 860. The van der Waals surface area contributed by atoms with Gasteiger partial charge in [0.25, 0.3) is 5.91 Å². The van der Waals surface area contributed by atoms with Gasteiger partial charge in [0.2, 0.25) is 10.0 Å². The molecule has 0 spiro atoms. The fourth-order valence-electron chi connectivity index (χ4n) is 3.35. The van der Waals surface area contributed by atoms with E-state index in [2.05, 4.69) is 6.92 Å². The molecule has 1 aromatic rings. The van der Waals surface area contributed by atoms with Crippen LogP contribution in [0.4, 0.5) is 5.69 Å². The lowest BCUT2D eigenvalue weighted by molar-refractivity contribution is -0.386. The number of nitro benzene ring substituents is 1. The van der Waals surface area contributed by atoms with Crippen LogP contribution in [0.1, 0.15) is 19.8 Å². The Morgan fingerprint density at radius 1 is 1.24 bits per heavy atom. The molecular weight excluding hydrogens is 402 g/mol. The van der Waals surface area contributed by atoms with Crippen LogP contribution < -0.4 is 4.74 Å². The molecule has 0 unspecified atom stereocenters. The van der Waals surface area contributed by atoms with Crippen molar-refractivity contribution in [3.63, 3.8) is 0 Å². The normalized spacial score (nSPS) is 19.1. The van der Waals surface area contributed by atoms with E-state index in [-0.39, 0.29) is 49.5 Å². The molecule has 160 valence electrons. The lowest BCUT2D eigenvalue weighted by Gasteiger charge is -2.30. The molecule has 1 amide bonds. The first-order valence-electron chi connectivity index (χ1n) is 9.56. The van der Waals surface area contributed by atoms with Gasteiger partial charge < -0.3 is 14.4 Å². The number of benzene rings is 1. The molecular formula is C18H25N3O7S. The van der Waals surface area contributed by atoms with Crippen molar-refractivity contribution in [1.82, 2.24) is 9.21 Å². The van der Waals surface area contributed by atoms with Crippen LogP contribution >= 0.6 is 0 Å². The average Bonchev–Trinajstić information content (AvgIpc) is 2.73. The summed E-state index contributed by atoms with van der Waals surface area (Å²) >= 11 is 0. The van der Waals surface area contributed by atoms with E-state index < -0.39 is 20.6 Å². The minimum Gasteiger partial charge on any atom is -0.477 e. The SMILES string of the molecule is CC1CCN(C(=O)COc2ccc(S(=O)(=O)N3CCOCC3)cc2[N+](=O)[O-])CC1. The van der Waals surface area contributed by atoms with Crippen molar-refractivity contribution in [1.29, 1.82) is 0 Å². The van der Waals surface area contributed by atoms with Gasteiger partial charge in [-0.25, -0.2) is 8.42 Å². The summed E-state index contributed by atoms with van der Waals surface area (Å²) in [7, 11) is -3.87. The van der Waals surface area contributed by atoms with Gasteiger partial charge in [0, 0.05) is 32.2 Å². The summed E-state index contributed by atoms with van der Waals surface area (Å²) in [4.78, 5) is 24.6. The number of piperidine rings is 1. The van der Waals surface area contributed by atoms with Gasteiger partial charge in [-0.05, 0) is 30.9 Å². The molecule has 29 heavy (non-hydrogen) atoms. The highest BCUT2D eigenvalue weighted by Crippen LogP contribution is 2.31. The highest BCUT2D eigenvalue weighted by molar-refractivity contribution is 7.89. The molecule has 0 saturated carbocycles. The number of rotatable bonds is 6. The standard InChI is InChI=1S/C18H25N3O7S/c1-14-4-6-19(7-5-14)18(22)13-28-17-3-2-15(12-16(17)21(23)24)29(25,26)20-8-10-27-11-9-20/h2-3,12,14H,4-11,13H2,1H3. The number of nitrogens with zero attached hydrogens (tertiary/aromatic N) is 3. The van der Waals surface area contributed by atoms with Crippen LogP contribution in [0.25, 0.3) is 0 Å². The predicted octanol–water partition coefficient (Wildman–Crippen LogP) is 1.25. The first kappa shape index (κ1) is 21.5. The van der Waals surface area contributed by atoms with Gasteiger partial charge in [-0.15, -0.1) is 0 Å². The van der Waals surface area contributed by atoms with E-state index in [9.17, 15) is 23.3 Å². The largest absolute Gasteiger partial charge is 0.477 e. The zero-order valence-electron chi connectivity index (χ0n) is 16.3. The van der Waals surface area contributed by atoms with Gasteiger partial charge in [-0.1, -0.05) is 6.92 Å². The summed E-state index contributed by atoms with van der Waals surface area (Å²) < 4.78 is 37.2. The third-order valence-corrected chi connectivity index (χ3v) is 7.12. The fraction of sp³-hybridized carbons (Fsp3) is 0.611. The van der Waals surface area contributed by atoms with Crippen LogP contribution in [0, 0.1) is 16.0 Å². The Labute approximate surface area is 169 Å². The van der Waals surface area contributed by atoms with E-state index >= 15 is 0 Å². The van der Waals surface area contributed by atoms with Gasteiger partial charge in [-0.3, -0.25) is 14.9 Å². The summed E-state index contributed by atoms with van der Waals surface area (Å²) in [6.45, 7) is 4.03. The summed E-state index contributed by atoms with van der Waals surface area (Å²) in [6.07, 6.45) is 1.83. The van der Waals surface area contributed by atoms with Crippen molar-refractivity contribution in [3.05, 3.63) is 28.3 Å². The Balaban J connectivity index is 1.73. The summed E-state index contributed by atoms with van der Waals surface area (Å²) in [5.41, 5.74) is -0.487. The topological polar surface area (TPSA) is 119 Å². The Kier molecular flexibility index (Phi) is 6.70. The number of sulfonamides is 1. The smallest absolute Gasteiger partial charge is 0.312 e. The van der Waals surface area contributed by atoms with Crippen molar-refractivity contribution in [3.8, 4) is 5.75 Å². The van der Waals surface area contributed by atoms with Crippen LogP contribution in [-0.2, 0) is 19.6 Å². The Morgan fingerprint density at radius 3 is 2.52 bits per heavy atom. The minimum atomic E-state index is -3.87. The molecule has 0 bridgehead atoms. The average molecular weight is 427 g/mol. The third-order valence-electron chi connectivity index (χ3n) is 5.22. The molecule has 0 radical (unpaired) electrons. The second kappa shape index (κ2) is 9.06. The second-order valence-electron chi connectivity index (χ2n) is 7.26. The number of ether oxygens (including phenoxy) is 2. The second-order valence-corrected chi connectivity index (χ2v) is 9.19. The number of nitro groups is 1. The molecule has 0 N–H and O–H groups in total. The molecule has 2 aliphatic rings. The molecule has 2 heterocycles. The maximum absolute atomic E-state index is 12.7. The summed E-state index contributed by atoms with van der Waals surface area (Å²) in [5, 5.41) is 11.5. The van der Waals surface area contributed by atoms with Crippen LogP contribution in [-0.4, -0.2) is 74.5 Å². The van der Waals surface area contributed by atoms with Gasteiger partial charge in [0.15, 0.2) is 12.4 Å². The molecule has 0 atom stereocenters. The van der Waals surface area contributed by atoms with Crippen molar-refractivity contribution < 1.29 is 27.6 Å². The number of likely N-dealkylation sites (tertiary alicyclic amines) is 1. The van der Waals surface area contributed by atoms with E-state index in [0.29, 0.717) is 19.0 Å². The maximum Gasteiger partial charge on any atom is 0.312 e. The highest BCUT2D eigenvalue weighted by Gasteiger charge is 2.29. The minimum absolute atomic E-state index is 0.130. The first-order valence-corrected chi connectivity index (χ1v) is 11.0. The van der Waals surface area contributed by atoms with E-state index in [1.165, 1.54) is 16.4 Å². The molecule has 10 nitrogen and oxygen atoms in total. The molecule has 1 aromatic carbocycles. The first-order chi connectivity index (χ1) is 13.8.